The molecule has 0 bridgehead atoms. The molecule has 0 atom stereocenters. The van der Waals surface area contributed by atoms with Crippen LogP contribution in [0.5, 0.6) is 0 Å². The number of benzene rings is 1. The van der Waals surface area contributed by atoms with Crippen molar-refractivity contribution in [2.45, 2.75) is 66.3 Å². The third-order valence-electron chi connectivity index (χ3n) is 5.79. The molecule has 20 heavy (non-hydrogen) atoms. The highest BCUT2D eigenvalue weighted by atomic mass is 15.4. The van der Waals surface area contributed by atoms with Gasteiger partial charge >= 0.3 is 0 Å². The first-order valence-electron chi connectivity index (χ1n) is 8.55. The van der Waals surface area contributed by atoms with Gasteiger partial charge in [0.25, 0.3) is 0 Å². The molecule has 0 radical (unpaired) electrons. The van der Waals surface area contributed by atoms with Crippen LogP contribution in [0.1, 0.15) is 65.5 Å². The molecular weight excluding hydrogens is 242 g/mol. The van der Waals surface area contributed by atoms with Gasteiger partial charge in [-0.25, -0.2) is 0 Å². The van der Waals surface area contributed by atoms with Crippen molar-refractivity contribution in [1.82, 2.24) is 0 Å². The Morgan fingerprint density at radius 3 is 1.70 bits per heavy atom. The third kappa shape index (κ3) is 2.53. The van der Waals surface area contributed by atoms with Gasteiger partial charge in [0.2, 0.25) is 0 Å². The lowest BCUT2D eigenvalue weighted by atomic mass is 9.77. The molecule has 0 aliphatic heterocycles. The molecule has 0 heterocycles. The van der Waals surface area contributed by atoms with Crippen LogP contribution in [0.2, 0.25) is 0 Å². The molecule has 0 saturated heterocycles. The van der Waals surface area contributed by atoms with E-state index in [4.69, 9.17) is 0 Å². The molecule has 0 saturated carbocycles. The fourth-order valence-corrected chi connectivity index (χ4v) is 4.42. The highest BCUT2D eigenvalue weighted by Gasteiger charge is 2.47. The first-order chi connectivity index (χ1) is 9.61. The Bertz CT molecular complexity index is 392. The highest BCUT2D eigenvalue weighted by molar-refractivity contribution is 5.32. The number of hydrogen-bond acceptors (Lipinski definition) is 0. The largest absolute Gasteiger partial charge is 0.316 e. The van der Waals surface area contributed by atoms with Crippen molar-refractivity contribution in [3.05, 3.63) is 35.4 Å². The number of nitrogens with zero attached hydrogens (tertiary/aromatic N) is 1. The van der Waals surface area contributed by atoms with Crippen molar-refractivity contribution >= 4 is 0 Å². The van der Waals surface area contributed by atoms with Crippen LogP contribution in [0.3, 0.4) is 0 Å². The van der Waals surface area contributed by atoms with Crippen molar-refractivity contribution in [2.24, 2.45) is 0 Å². The van der Waals surface area contributed by atoms with Crippen molar-refractivity contribution in [3.63, 3.8) is 0 Å². The van der Waals surface area contributed by atoms with Gasteiger partial charge in [-0.05, 0) is 32.8 Å². The van der Waals surface area contributed by atoms with Gasteiger partial charge in [0, 0.05) is 18.4 Å². The Hall–Kier alpha value is -0.820. The number of quaternary nitrogens is 1. The predicted molar refractivity (Wildman–Crippen MR) is 90.0 cm³/mol. The molecule has 1 nitrogen and oxygen atoms in total. The second-order valence-electron chi connectivity index (χ2n) is 5.84. The maximum Gasteiger partial charge on any atom is 0.124 e. The zero-order chi connectivity index (χ0) is 15.2. The molecule has 0 aliphatic rings. The van der Waals surface area contributed by atoms with Crippen LogP contribution in [-0.4, -0.2) is 24.1 Å². The average Bonchev–Trinajstić information content (AvgIpc) is 2.53. The molecule has 114 valence electrons. The lowest BCUT2D eigenvalue weighted by molar-refractivity contribution is -0.980. The lowest BCUT2D eigenvalue weighted by Crippen LogP contribution is -2.62. The summed E-state index contributed by atoms with van der Waals surface area (Å²) >= 11 is 0. The van der Waals surface area contributed by atoms with E-state index in [1.165, 1.54) is 42.5 Å². The predicted octanol–water partition coefficient (Wildman–Crippen LogP) is 5.14. The monoisotopic (exact) mass is 276 g/mol. The first kappa shape index (κ1) is 17.2. The smallest absolute Gasteiger partial charge is 0.124 e. The Morgan fingerprint density at radius 2 is 1.30 bits per heavy atom. The number of hydrogen-bond donors (Lipinski definition) is 0. The standard InChI is InChI=1S/C19H34N/c1-7-17-15-13-14-16-18(17)19(8-2,9-3)20(10-4,11-5)12-6/h13-16H,7-12H2,1-6H3/q+1. The van der Waals surface area contributed by atoms with E-state index in [0.29, 0.717) is 0 Å². The van der Waals surface area contributed by atoms with E-state index in [-0.39, 0.29) is 5.54 Å². The summed E-state index contributed by atoms with van der Waals surface area (Å²) in [6.07, 6.45) is 3.57. The summed E-state index contributed by atoms with van der Waals surface area (Å²) in [6.45, 7) is 17.8. The maximum atomic E-state index is 2.39. The molecule has 1 rings (SSSR count). The van der Waals surface area contributed by atoms with E-state index in [0.717, 1.165) is 6.42 Å². The Balaban J connectivity index is 3.55. The summed E-state index contributed by atoms with van der Waals surface area (Å²) in [5, 5.41) is 0. The number of aryl methyl sites for hydroxylation is 1. The van der Waals surface area contributed by atoms with Crippen molar-refractivity contribution in [2.75, 3.05) is 19.6 Å². The fraction of sp³-hybridized carbons (Fsp3) is 0.684. The van der Waals surface area contributed by atoms with E-state index in [1.54, 1.807) is 5.56 Å². The van der Waals surface area contributed by atoms with E-state index >= 15 is 0 Å². The van der Waals surface area contributed by atoms with Gasteiger partial charge in [-0.3, -0.25) is 0 Å². The molecule has 0 unspecified atom stereocenters. The molecule has 0 amide bonds. The summed E-state index contributed by atoms with van der Waals surface area (Å²) in [7, 11) is 0. The van der Waals surface area contributed by atoms with Crippen LogP contribution in [0.25, 0.3) is 0 Å². The van der Waals surface area contributed by atoms with Crippen LogP contribution in [-0.2, 0) is 12.0 Å². The Kier molecular flexibility index (Phi) is 6.26. The minimum Gasteiger partial charge on any atom is -0.316 e. The maximum absolute atomic E-state index is 2.39. The molecule has 1 aromatic carbocycles. The summed E-state index contributed by atoms with van der Waals surface area (Å²) in [5.41, 5.74) is 3.40. The van der Waals surface area contributed by atoms with Gasteiger partial charge < -0.3 is 4.48 Å². The van der Waals surface area contributed by atoms with E-state index < -0.39 is 0 Å². The van der Waals surface area contributed by atoms with Crippen LogP contribution >= 0.6 is 0 Å². The van der Waals surface area contributed by atoms with E-state index in [1.807, 2.05) is 0 Å². The molecule has 0 fully saturated rings. The zero-order valence-corrected chi connectivity index (χ0v) is 14.5. The summed E-state index contributed by atoms with van der Waals surface area (Å²) in [5.74, 6) is 0. The van der Waals surface area contributed by atoms with Gasteiger partial charge in [0.1, 0.15) is 5.54 Å². The van der Waals surface area contributed by atoms with Gasteiger partial charge in [-0.15, -0.1) is 0 Å². The van der Waals surface area contributed by atoms with Gasteiger partial charge in [-0.2, -0.15) is 0 Å². The fourth-order valence-electron chi connectivity index (χ4n) is 4.42. The normalized spacial score (nSPS) is 12.7. The summed E-state index contributed by atoms with van der Waals surface area (Å²) in [4.78, 5) is 0. The lowest BCUT2D eigenvalue weighted by Gasteiger charge is -2.53. The summed E-state index contributed by atoms with van der Waals surface area (Å²) < 4.78 is 1.21. The summed E-state index contributed by atoms with van der Waals surface area (Å²) in [6, 6.07) is 9.13. The minimum absolute atomic E-state index is 0.269. The zero-order valence-electron chi connectivity index (χ0n) is 14.5. The first-order valence-corrected chi connectivity index (χ1v) is 8.55. The van der Waals surface area contributed by atoms with Crippen molar-refractivity contribution in [3.8, 4) is 0 Å². The quantitative estimate of drug-likeness (QED) is 0.577. The topological polar surface area (TPSA) is 0 Å². The molecule has 0 aliphatic carbocycles. The minimum atomic E-state index is 0.269. The third-order valence-corrected chi connectivity index (χ3v) is 5.79. The Labute approximate surface area is 126 Å². The van der Waals surface area contributed by atoms with E-state index in [2.05, 4.69) is 65.8 Å². The van der Waals surface area contributed by atoms with Crippen LogP contribution in [0, 0.1) is 0 Å². The van der Waals surface area contributed by atoms with Crippen LogP contribution in [0.4, 0.5) is 0 Å². The highest BCUT2D eigenvalue weighted by Crippen LogP contribution is 2.43. The number of rotatable bonds is 8. The molecule has 0 spiro atoms. The SMILES string of the molecule is CCc1ccccc1C(CC)(CC)[N+](CC)(CC)CC. The molecular formula is C19H34N+. The van der Waals surface area contributed by atoms with Gasteiger partial charge in [0.05, 0.1) is 19.6 Å². The Morgan fingerprint density at radius 1 is 0.800 bits per heavy atom. The molecule has 0 aromatic heterocycles. The van der Waals surface area contributed by atoms with Gasteiger partial charge in [-0.1, -0.05) is 45.0 Å². The van der Waals surface area contributed by atoms with Crippen LogP contribution in [0.15, 0.2) is 24.3 Å². The molecule has 1 aromatic rings. The van der Waals surface area contributed by atoms with Crippen molar-refractivity contribution in [1.29, 1.82) is 0 Å². The second kappa shape index (κ2) is 7.26. The molecule has 0 N–H and O–H groups in total. The van der Waals surface area contributed by atoms with Gasteiger partial charge in [0.15, 0.2) is 0 Å². The average molecular weight is 276 g/mol. The van der Waals surface area contributed by atoms with Crippen molar-refractivity contribution < 1.29 is 4.48 Å². The van der Waals surface area contributed by atoms with Crippen LogP contribution < -0.4 is 0 Å². The molecule has 1 heteroatoms. The van der Waals surface area contributed by atoms with E-state index in [9.17, 15) is 0 Å². The second-order valence-corrected chi connectivity index (χ2v) is 5.84.